The van der Waals surface area contributed by atoms with Gasteiger partial charge in [-0.05, 0) is 61.7 Å². The number of piperidine rings is 1. The van der Waals surface area contributed by atoms with Crippen LogP contribution in [0, 0.1) is 0 Å². The van der Waals surface area contributed by atoms with E-state index in [0.29, 0.717) is 55.4 Å². The van der Waals surface area contributed by atoms with E-state index in [0.717, 1.165) is 36.8 Å². The normalized spacial score (nSPS) is 14.9. The zero-order valence-corrected chi connectivity index (χ0v) is 24.5. The number of carbonyl (C=O) groups is 1. The first-order chi connectivity index (χ1) is 19.9. The molecule has 2 amide bonds. The third-order valence-electron chi connectivity index (χ3n) is 6.99. The summed E-state index contributed by atoms with van der Waals surface area (Å²) in [5.74, 6) is 1.31. The Morgan fingerprint density at radius 1 is 0.907 bits per heavy atom. The minimum atomic E-state index is -3.81. The number of fused-ring (bicyclic) bond motifs is 1. The molecule has 2 aliphatic heterocycles. The number of nitrogens with one attached hydrogen (secondary N) is 5. The number of rotatable bonds is 10. The van der Waals surface area contributed by atoms with Crippen LogP contribution in [0.25, 0.3) is 10.9 Å². The molecule has 16 nitrogen and oxygen atoms in total. The van der Waals surface area contributed by atoms with Gasteiger partial charge in [-0.15, -0.1) is 0 Å². The van der Waals surface area contributed by atoms with Gasteiger partial charge in [0.1, 0.15) is 0 Å². The van der Waals surface area contributed by atoms with Crippen LogP contribution in [0.4, 0.5) is 34.0 Å². The molecule has 0 bridgehead atoms. The monoisotopic (exact) mass is 615 g/mol. The number of hydrogen-bond acceptors (Lipinski definition) is 12. The maximum atomic E-state index is 13.0. The average Bonchev–Trinajstić information content (AvgIpc) is 3.62. The standard InChI is InChI=1S/C26H31N11O3S.2H3N.2H2/c38-26-28-11-15-37(26)14-10-27-23-31-24(33-25(32-23)36-12-2-1-3-13-36)30-19-6-8-21(9-7-19)41(39,40)35-20-5-4-18-17-29-34-22(18)16-20;;;;/h4-9,16-17,35H,1-3,10-15H2,(H,28,38)(H,29,34)(H2,27,30,31,32,33);2*1H3;2*1H. The third-order valence-corrected chi connectivity index (χ3v) is 8.38. The molecule has 43 heavy (non-hydrogen) atoms. The van der Waals surface area contributed by atoms with E-state index < -0.39 is 10.0 Å². The van der Waals surface area contributed by atoms with Gasteiger partial charge in [0.05, 0.1) is 22.3 Å². The van der Waals surface area contributed by atoms with Crippen LogP contribution in [0.3, 0.4) is 0 Å². The molecule has 4 aromatic rings. The van der Waals surface area contributed by atoms with Crippen molar-refractivity contribution in [1.29, 1.82) is 0 Å². The van der Waals surface area contributed by atoms with Crippen molar-refractivity contribution in [3.8, 4) is 0 Å². The van der Waals surface area contributed by atoms with Crippen molar-refractivity contribution in [3.63, 3.8) is 0 Å². The molecule has 2 aromatic carbocycles. The molecule has 6 rings (SSSR count). The maximum Gasteiger partial charge on any atom is 0.317 e. The molecule has 4 heterocycles. The van der Waals surface area contributed by atoms with E-state index in [1.807, 2.05) is 0 Å². The molecule has 0 radical (unpaired) electrons. The van der Waals surface area contributed by atoms with Crippen molar-refractivity contribution in [1.82, 2.24) is 47.7 Å². The predicted octanol–water partition coefficient (Wildman–Crippen LogP) is 3.54. The van der Waals surface area contributed by atoms with Crippen LogP contribution in [0.1, 0.15) is 22.1 Å². The number of aromatic amines is 1. The molecule has 17 heteroatoms. The van der Waals surface area contributed by atoms with Gasteiger partial charge in [0.25, 0.3) is 10.0 Å². The van der Waals surface area contributed by atoms with Gasteiger partial charge in [0, 0.05) is 53.2 Å². The summed E-state index contributed by atoms with van der Waals surface area (Å²) in [6.45, 7) is 4.06. The summed E-state index contributed by atoms with van der Waals surface area (Å²) >= 11 is 0. The molecule has 0 spiro atoms. The van der Waals surface area contributed by atoms with Crippen molar-refractivity contribution in [2.75, 3.05) is 59.5 Å². The topological polar surface area (TPSA) is 243 Å². The SMILES string of the molecule is N.N.O=C1NCCN1CCNc1nc(Nc2ccc(S(=O)(=O)Nc3ccc4cn[nH]c4c3)cc2)nc(N2CCCCC2)n1.[HH].[HH]. The first-order valence-corrected chi connectivity index (χ1v) is 15.0. The fraction of sp³-hybridized carbons (Fsp3) is 0.346. The van der Waals surface area contributed by atoms with Crippen LogP contribution in [0.5, 0.6) is 0 Å². The number of H-pyrrole nitrogens is 1. The lowest BCUT2D eigenvalue weighted by atomic mass is 10.1. The molecule has 0 atom stereocenters. The van der Waals surface area contributed by atoms with Gasteiger partial charge in [-0.25, -0.2) is 13.2 Å². The van der Waals surface area contributed by atoms with Crippen molar-refractivity contribution < 1.29 is 16.1 Å². The number of benzene rings is 2. The molecular weight excluding hydrogens is 574 g/mol. The number of sulfonamides is 1. The van der Waals surface area contributed by atoms with Gasteiger partial charge >= 0.3 is 6.03 Å². The molecule has 2 saturated heterocycles. The molecule has 0 unspecified atom stereocenters. The highest BCUT2D eigenvalue weighted by molar-refractivity contribution is 7.92. The maximum absolute atomic E-state index is 13.0. The number of anilines is 5. The van der Waals surface area contributed by atoms with Crippen molar-refractivity contribution >= 4 is 56.2 Å². The number of hydrogen-bond donors (Lipinski definition) is 7. The Balaban J connectivity index is 0.00000176. The zero-order chi connectivity index (χ0) is 28.2. The van der Waals surface area contributed by atoms with E-state index in [1.54, 1.807) is 41.4 Å². The summed E-state index contributed by atoms with van der Waals surface area (Å²) < 4.78 is 28.6. The summed E-state index contributed by atoms with van der Waals surface area (Å²) in [5, 5.41) is 16.9. The second-order valence-electron chi connectivity index (χ2n) is 9.90. The molecule has 11 N–H and O–H groups in total. The Hall–Kier alpha value is -4.74. The van der Waals surface area contributed by atoms with Gasteiger partial charge in [0.15, 0.2) is 0 Å². The van der Waals surface area contributed by atoms with E-state index in [4.69, 9.17) is 0 Å². The summed E-state index contributed by atoms with van der Waals surface area (Å²) in [7, 11) is -3.81. The van der Waals surface area contributed by atoms with Crippen LogP contribution in [-0.4, -0.2) is 83.8 Å². The Bertz CT molecular complexity index is 1650. The summed E-state index contributed by atoms with van der Waals surface area (Å²) in [4.78, 5) is 29.6. The van der Waals surface area contributed by atoms with Crippen LogP contribution >= 0.6 is 0 Å². The first-order valence-electron chi connectivity index (χ1n) is 13.5. The van der Waals surface area contributed by atoms with Crippen LogP contribution < -0.4 is 37.9 Å². The first kappa shape index (κ1) is 31.2. The molecule has 0 saturated carbocycles. The highest BCUT2D eigenvalue weighted by Crippen LogP contribution is 2.24. The second-order valence-corrected chi connectivity index (χ2v) is 11.6. The molecule has 2 aliphatic rings. The minimum Gasteiger partial charge on any atom is -0.352 e. The fourth-order valence-electron chi connectivity index (χ4n) is 4.82. The molecule has 2 fully saturated rings. The quantitative estimate of drug-likeness (QED) is 0.135. The summed E-state index contributed by atoms with van der Waals surface area (Å²) in [5.41, 5.74) is 1.80. The largest absolute Gasteiger partial charge is 0.352 e. The summed E-state index contributed by atoms with van der Waals surface area (Å²) in [6, 6.07) is 11.5. The van der Waals surface area contributed by atoms with E-state index in [-0.39, 0.29) is 26.1 Å². The molecule has 0 aliphatic carbocycles. The van der Waals surface area contributed by atoms with Crippen LogP contribution in [-0.2, 0) is 10.0 Å². The Labute approximate surface area is 252 Å². The Morgan fingerprint density at radius 3 is 2.40 bits per heavy atom. The number of urea groups is 1. The van der Waals surface area contributed by atoms with E-state index in [1.165, 1.54) is 18.6 Å². The van der Waals surface area contributed by atoms with Gasteiger partial charge < -0.3 is 38.1 Å². The Kier molecular flexibility index (Phi) is 9.79. The lowest BCUT2D eigenvalue weighted by molar-refractivity contribution is 0.219. The molecular formula is C26H41N13O3S. The summed E-state index contributed by atoms with van der Waals surface area (Å²) in [6.07, 6.45) is 4.99. The smallest absolute Gasteiger partial charge is 0.317 e. The second kappa shape index (κ2) is 13.5. The van der Waals surface area contributed by atoms with E-state index in [9.17, 15) is 13.2 Å². The van der Waals surface area contributed by atoms with Gasteiger partial charge in [-0.2, -0.15) is 20.1 Å². The fourth-order valence-corrected chi connectivity index (χ4v) is 5.87. The Morgan fingerprint density at radius 2 is 1.65 bits per heavy atom. The van der Waals surface area contributed by atoms with E-state index >= 15 is 0 Å². The lowest BCUT2D eigenvalue weighted by Crippen LogP contribution is -2.33. The highest BCUT2D eigenvalue weighted by Gasteiger charge is 2.20. The zero-order valence-electron chi connectivity index (χ0n) is 23.7. The lowest BCUT2D eigenvalue weighted by Gasteiger charge is -2.27. The van der Waals surface area contributed by atoms with Crippen molar-refractivity contribution in [2.45, 2.75) is 24.2 Å². The number of aromatic nitrogens is 5. The van der Waals surface area contributed by atoms with Crippen molar-refractivity contribution in [3.05, 3.63) is 48.7 Å². The highest BCUT2D eigenvalue weighted by atomic mass is 32.2. The third kappa shape index (κ3) is 7.37. The van der Waals surface area contributed by atoms with Gasteiger partial charge in [-0.3, -0.25) is 9.82 Å². The van der Waals surface area contributed by atoms with Gasteiger partial charge in [-0.1, -0.05) is 0 Å². The molecule has 234 valence electrons. The predicted molar refractivity (Wildman–Crippen MR) is 170 cm³/mol. The minimum absolute atomic E-state index is 0. The number of nitrogens with zero attached hydrogens (tertiary/aromatic N) is 6. The molecule has 2 aromatic heterocycles. The van der Waals surface area contributed by atoms with Crippen LogP contribution in [0.15, 0.2) is 53.6 Å². The van der Waals surface area contributed by atoms with Crippen molar-refractivity contribution in [2.24, 2.45) is 0 Å². The van der Waals surface area contributed by atoms with Gasteiger partial charge in [0.2, 0.25) is 17.8 Å². The number of carbonyl (C=O) groups excluding carboxylic acids is 1. The average molecular weight is 616 g/mol. The number of amides is 2. The van der Waals surface area contributed by atoms with Crippen LogP contribution in [0.2, 0.25) is 0 Å². The van der Waals surface area contributed by atoms with E-state index in [2.05, 4.69) is 50.7 Å².